The Morgan fingerprint density at radius 3 is 2.58 bits per heavy atom. The van der Waals surface area contributed by atoms with Crippen LogP contribution in [0.3, 0.4) is 0 Å². The molecular weight excluding hydrogens is 425 g/mol. The highest BCUT2D eigenvalue weighted by atomic mass is 19.1. The predicted octanol–water partition coefficient (Wildman–Crippen LogP) is 3.93. The molecule has 8 heteroatoms. The molecule has 33 heavy (non-hydrogen) atoms. The van der Waals surface area contributed by atoms with Crippen LogP contribution in [0.1, 0.15) is 22.6 Å². The predicted molar refractivity (Wildman–Crippen MR) is 120 cm³/mol. The molecule has 3 aromatic rings. The third-order valence-corrected chi connectivity index (χ3v) is 6.67. The summed E-state index contributed by atoms with van der Waals surface area (Å²) in [4.78, 5) is 27.2. The first kappa shape index (κ1) is 21.1. The van der Waals surface area contributed by atoms with E-state index in [1.807, 2.05) is 12.1 Å². The lowest BCUT2D eigenvalue weighted by molar-refractivity contribution is -0.534. The maximum atomic E-state index is 13.3. The largest absolute Gasteiger partial charge is 0.489 e. The summed E-state index contributed by atoms with van der Waals surface area (Å²) in [6, 6.07) is 19.1. The molecule has 0 unspecified atom stereocenters. The van der Waals surface area contributed by atoms with Gasteiger partial charge in [-0.1, -0.05) is 48.5 Å². The van der Waals surface area contributed by atoms with Crippen LogP contribution in [-0.2, 0) is 16.9 Å². The SMILES string of the molecule is CN1C[C@H](c2ccccc2OCc2ccc(F)cc2)[C@@H]([N+](=O)[O-])[C@]12C(=O)Nc1ccccc12. The van der Waals surface area contributed by atoms with Gasteiger partial charge in [0.2, 0.25) is 0 Å². The fourth-order valence-corrected chi connectivity index (χ4v) is 5.22. The van der Waals surface area contributed by atoms with Crippen LogP contribution in [0.25, 0.3) is 0 Å². The molecule has 3 aromatic carbocycles. The van der Waals surface area contributed by atoms with Crippen molar-refractivity contribution in [1.29, 1.82) is 0 Å². The van der Waals surface area contributed by atoms with Gasteiger partial charge in [0.05, 0.1) is 5.92 Å². The van der Waals surface area contributed by atoms with Crippen LogP contribution in [-0.4, -0.2) is 35.4 Å². The molecule has 2 aliphatic rings. The molecule has 1 amide bonds. The van der Waals surface area contributed by atoms with Crippen LogP contribution in [0.15, 0.2) is 72.8 Å². The van der Waals surface area contributed by atoms with Gasteiger partial charge in [-0.25, -0.2) is 4.39 Å². The molecule has 5 rings (SSSR count). The number of anilines is 1. The minimum absolute atomic E-state index is 0.192. The summed E-state index contributed by atoms with van der Waals surface area (Å²) in [6.45, 7) is 0.502. The van der Waals surface area contributed by atoms with Gasteiger partial charge in [0, 0.05) is 28.3 Å². The number of carbonyl (C=O) groups is 1. The number of halogens is 1. The average molecular weight is 447 g/mol. The smallest absolute Gasteiger partial charge is 0.256 e. The van der Waals surface area contributed by atoms with E-state index in [0.29, 0.717) is 29.1 Å². The molecule has 0 aliphatic carbocycles. The number of amides is 1. The zero-order chi connectivity index (χ0) is 23.2. The standard InChI is InChI=1S/C25H22FN3O4/c1-28-14-19(18-6-2-5-9-22(18)33-15-16-10-12-17(26)13-11-16)23(29(31)32)25(28)20-7-3-4-8-21(20)27-24(25)30/h2-13,19,23H,14-15H2,1H3,(H,27,30)/t19-,23-,25-/m1/s1. The van der Waals surface area contributed by atoms with Crippen molar-refractivity contribution in [2.24, 2.45) is 0 Å². The van der Waals surface area contributed by atoms with Crippen LogP contribution in [0.4, 0.5) is 10.1 Å². The average Bonchev–Trinajstić information content (AvgIpc) is 3.28. The van der Waals surface area contributed by atoms with E-state index >= 15 is 0 Å². The van der Waals surface area contributed by atoms with E-state index in [1.165, 1.54) is 12.1 Å². The van der Waals surface area contributed by atoms with Crippen LogP contribution in [0, 0.1) is 15.9 Å². The first-order valence-electron chi connectivity index (χ1n) is 10.6. The first-order chi connectivity index (χ1) is 15.9. The summed E-state index contributed by atoms with van der Waals surface area (Å²) in [5.74, 6) is -0.787. The lowest BCUT2D eigenvalue weighted by Crippen LogP contribution is -2.54. The molecule has 1 N–H and O–H groups in total. The number of hydrogen-bond acceptors (Lipinski definition) is 5. The second-order valence-corrected chi connectivity index (χ2v) is 8.44. The Morgan fingerprint density at radius 2 is 1.82 bits per heavy atom. The lowest BCUT2D eigenvalue weighted by atomic mass is 9.79. The van der Waals surface area contributed by atoms with Gasteiger partial charge in [0.15, 0.2) is 5.54 Å². The molecule has 1 saturated heterocycles. The second kappa shape index (κ2) is 7.97. The van der Waals surface area contributed by atoms with Crippen molar-refractivity contribution >= 4 is 11.6 Å². The molecule has 0 saturated carbocycles. The Hall–Kier alpha value is -3.78. The number of nitrogens with one attached hydrogen (secondary N) is 1. The van der Waals surface area contributed by atoms with Crippen LogP contribution in [0.2, 0.25) is 0 Å². The zero-order valence-electron chi connectivity index (χ0n) is 17.9. The molecule has 1 spiro atoms. The van der Waals surface area contributed by atoms with Gasteiger partial charge in [-0.2, -0.15) is 0 Å². The van der Waals surface area contributed by atoms with Gasteiger partial charge in [0.25, 0.3) is 11.9 Å². The highest BCUT2D eigenvalue weighted by Crippen LogP contribution is 2.52. The minimum Gasteiger partial charge on any atom is -0.489 e. The Balaban J connectivity index is 1.54. The number of para-hydroxylation sites is 2. The number of fused-ring (bicyclic) bond motifs is 2. The van der Waals surface area contributed by atoms with E-state index in [9.17, 15) is 19.3 Å². The monoisotopic (exact) mass is 447 g/mol. The van der Waals surface area contributed by atoms with E-state index in [1.54, 1.807) is 60.5 Å². The summed E-state index contributed by atoms with van der Waals surface area (Å²) in [7, 11) is 1.75. The zero-order valence-corrected chi connectivity index (χ0v) is 17.9. The summed E-state index contributed by atoms with van der Waals surface area (Å²) in [5, 5.41) is 15.3. The Kier molecular flexibility index (Phi) is 5.09. The van der Waals surface area contributed by atoms with Gasteiger partial charge in [0.1, 0.15) is 18.2 Å². The molecule has 0 bridgehead atoms. The molecule has 168 valence electrons. The first-order valence-corrected chi connectivity index (χ1v) is 10.6. The molecule has 2 heterocycles. The normalized spacial score (nSPS) is 24.0. The number of benzene rings is 3. The third-order valence-electron chi connectivity index (χ3n) is 6.67. The highest BCUT2D eigenvalue weighted by Gasteiger charge is 2.68. The lowest BCUT2D eigenvalue weighted by Gasteiger charge is -2.30. The van der Waals surface area contributed by atoms with E-state index in [0.717, 1.165) is 5.56 Å². The number of hydrogen-bond donors (Lipinski definition) is 1. The highest BCUT2D eigenvalue weighted by molar-refractivity contribution is 6.06. The molecule has 1 fully saturated rings. The van der Waals surface area contributed by atoms with Crippen LogP contribution in [0.5, 0.6) is 5.75 Å². The maximum absolute atomic E-state index is 13.3. The Labute approximate surface area is 189 Å². The van der Waals surface area contributed by atoms with Crippen molar-refractivity contribution in [2.75, 3.05) is 18.9 Å². The fraction of sp³-hybridized carbons (Fsp3) is 0.240. The summed E-state index contributed by atoms with van der Waals surface area (Å²) < 4.78 is 19.2. The third kappa shape index (κ3) is 3.25. The number of likely N-dealkylation sites (N-methyl/N-ethyl adjacent to an activating group) is 1. The number of ether oxygens (including phenoxy) is 1. The molecule has 0 radical (unpaired) electrons. The van der Waals surface area contributed by atoms with Crippen molar-refractivity contribution in [2.45, 2.75) is 24.1 Å². The molecule has 2 aliphatic heterocycles. The van der Waals surface area contributed by atoms with Crippen LogP contribution >= 0.6 is 0 Å². The van der Waals surface area contributed by atoms with Gasteiger partial charge >= 0.3 is 0 Å². The number of rotatable bonds is 5. The number of likely N-dealkylation sites (tertiary alicyclic amines) is 1. The summed E-state index contributed by atoms with van der Waals surface area (Å²) >= 11 is 0. The van der Waals surface area contributed by atoms with Gasteiger partial charge in [-0.3, -0.25) is 19.8 Å². The number of carbonyl (C=O) groups excluding carboxylic acids is 1. The number of nitrogens with zero attached hydrogens (tertiary/aromatic N) is 2. The van der Waals surface area contributed by atoms with Gasteiger partial charge in [-0.05, 0) is 36.9 Å². The quantitative estimate of drug-likeness (QED) is 0.473. The number of nitro groups is 1. The topological polar surface area (TPSA) is 84.7 Å². The van der Waals surface area contributed by atoms with Gasteiger partial charge in [-0.15, -0.1) is 0 Å². The van der Waals surface area contributed by atoms with Crippen molar-refractivity contribution in [3.63, 3.8) is 0 Å². The molecule has 7 nitrogen and oxygen atoms in total. The second-order valence-electron chi connectivity index (χ2n) is 8.44. The fourth-order valence-electron chi connectivity index (χ4n) is 5.22. The summed E-state index contributed by atoms with van der Waals surface area (Å²) in [6.07, 6.45) is 0. The molecule has 0 aromatic heterocycles. The molecular formula is C25H22FN3O4. The van der Waals surface area contributed by atoms with Crippen molar-refractivity contribution < 1.29 is 18.8 Å². The minimum atomic E-state index is -1.41. The van der Waals surface area contributed by atoms with Crippen molar-refractivity contribution in [3.05, 3.63) is 105 Å². The Bertz CT molecular complexity index is 1230. The van der Waals surface area contributed by atoms with E-state index in [-0.39, 0.29) is 23.3 Å². The Morgan fingerprint density at radius 1 is 1.12 bits per heavy atom. The van der Waals surface area contributed by atoms with E-state index < -0.39 is 17.5 Å². The summed E-state index contributed by atoms with van der Waals surface area (Å²) in [5.41, 5.74) is 1.26. The van der Waals surface area contributed by atoms with Crippen LogP contribution < -0.4 is 10.1 Å². The maximum Gasteiger partial charge on any atom is 0.256 e. The van der Waals surface area contributed by atoms with E-state index in [2.05, 4.69) is 5.32 Å². The van der Waals surface area contributed by atoms with E-state index in [4.69, 9.17) is 4.74 Å². The van der Waals surface area contributed by atoms with Crippen molar-refractivity contribution in [1.82, 2.24) is 4.90 Å². The van der Waals surface area contributed by atoms with Crippen molar-refractivity contribution in [3.8, 4) is 5.75 Å². The molecule has 3 atom stereocenters. The van der Waals surface area contributed by atoms with Gasteiger partial charge < -0.3 is 10.1 Å².